The van der Waals surface area contributed by atoms with E-state index in [0.29, 0.717) is 6.61 Å². The second-order valence-corrected chi connectivity index (χ2v) is 3.50. The maximum absolute atomic E-state index is 4.93. The first-order valence-corrected chi connectivity index (χ1v) is 4.88. The van der Waals surface area contributed by atoms with Crippen molar-refractivity contribution in [3.8, 4) is 0 Å². The summed E-state index contributed by atoms with van der Waals surface area (Å²) in [5.74, 6) is 0. The molecular formula is C9H13BrN2O. The molecular weight excluding hydrogens is 232 g/mol. The van der Waals surface area contributed by atoms with Gasteiger partial charge >= 0.3 is 0 Å². The van der Waals surface area contributed by atoms with Crippen LogP contribution in [-0.2, 0) is 4.74 Å². The molecule has 0 unspecified atom stereocenters. The Bertz CT molecular complexity index is 278. The van der Waals surface area contributed by atoms with Gasteiger partial charge in [-0.15, -0.1) is 0 Å². The molecule has 1 rings (SSSR count). The highest BCUT2D eigenvalue weighted by molar-refractivity contribution is 9.10. The van der Waals surface area contributed by atoms with Gasteiger partial charge in [0.1, 0.15) is 4.60 Å². The molecule has 1 heterocycles. The molecule has 0 bridgehead atoms. The molecule has 0 aromatic carbocycles. The predicted molar refractivity (Wildman–Crippen MR) is 57.0 cm³/mol. The van der Waals surface area contributed by atoms with Crippen LogP contribution in [0, 0.1) is 6.92 Å². The molecule has 0 atom stereocenters. The molecule has 4 heteroatoms. The quantitative estimate of drug-likeness (QED) is 0.652. The van der Waals surface area contributed by atoms with Gasteiger partial charge in [0, 0.05) is 13.7 Å². The van der Waals surface area contributed by atoms with Crippen molar-refractivity contribution in [3.05, 3.63) is 22.4 Å². The van der Waals surface area contributed by atoms with E-state index in [4.69, 9.17) is 4.74 Å². The molecule has 0 radical (unpaired) electrons. The van der Waals surface area contributed by atoms with Crippen molar-refractivity contribution in [3.63, 3.8) is 0 Å². The second-order valence-electron chi connectivity index (χ2n) is 2.75. The number of aromatic nitrogens is 1. The fraction of sp³-hybridized carbons (Fsp3) is 0.444. The van der Waals surface area contributed by atoms with E-state index in [1.54, 1.807) is 13.3 Å². The van der Waals surface area contributed by atoms with Crippen LogP contribution in [-0.4, -0.2) is 25.2 Å². The van der Waals surface area contributed by atoms with E-state index in [1.807, 2.05) is 13.0 Å². The summed E-state index contributed by atoms with van der Waals surface area (Å²) in [6, 6.07) is 2.05. The van der Waals surface area contributed by atoms with E-state index in [2.05, 4.69) is 26.2 Å². The van der Waals surface area contributed by atoms with Gasteiger partial charge in [-0.1, -0.05) is 0 Å². The summed E-state index contributed by atoms with van der Waals surface area (Å²) in [6.45, 7) is 3.52. The van der Waals surface area contributed by atoms with Gasteiger partial charge in [-0.25, -0.2) is 4.98 Å². The third kappa shape index (κ3) is 3.32. The van der Waals surface area contributed by atoms with Crippen molar-refractivity contribution >= 4 is 21.6 Å². The summed E-state index contributed by atoms with van der Waals surface area (Å²) in [7, 11) is 1.69. The number of halogens is 1. The summed E-state index contributed by atoms with van der Waals surface area (Å²) in [4.78, 5) is 4.17. The number of nitrogens with zero attached hydrogens (tertiary/aromatic N) is 1. The van der Waals surface area contributed by atoms with Gasteiger partial charge in [0.15, 0.2) is 0 Å². The van der Waals surface area contributed by atoms with Gasteiger partial charge < -0.3 is 10.1 Å². The lowest BCUT2D eigenvalue weighted by Crippen LogP contribution is -2.07. The van der Waals surface area contributed by atoms with E-state index in [9.17, 15) is 0 Å². The zero-order valence-electron chi connectivity index (χ0n) is 7.80. The fourth-order valence-electron chi connectivity index (χ4n) is 0.952. The third-order valence-corrected chi connectivity index (χ3v) is 2.48. The minimum atomic E-state index is 0.703. The van der Waals surface area contributed by atoms with Crippen LogP contribution in [0.5, 0.6) is 0 Å². The zero-order valence-corrected chi connectivity index (χ0v) is 9.39. The van der Waals surface area contributed by atoms with Crippen molar-refractivity contribution in [1.82, 2.24) is 4.98 Å². The van der Waals surface area contributed by atoms with Crippen LogP contribution in [0.15, 0.2) is 16.9 Å². The van der Waals surface area contributed by atoms with Gasteiger partial charge in [0.25, 0.3) is 0 Å². The highest BCUT2D eigenvalue weighted by Gasteiger charge is 1.97. The van der Waals surface area contributed by atoms with Crippen LogP contribution in [0.1, 0.15) is 5.56 Å². The molecule has 1 aromatic rings. The molecule has 0 amide bonds. The van der Waals surface area contributed by atoms with Crippen LogP contribution in [0.4, 0.5) is 5.69 Å². The first-order valence-electron chi connectivity index (χ1n) is 4.09. The Hall–Kier alpha value is -0.610. The Labute approximate surface area is 86.6 Å². The van der Waals surface area contributed by atoms with Gasteiger partial charge in [0.05, 0.1) is 18.5 Å². The molecule has 0 aliphatic carbocycles. The van der Waals surface area contributed by atoms with Crippen LogP contribution < -0.4 is 5.32 Å². The minimum Gasteiger partial charge on any atom is -0.383 e. The summed E-state index contributed by atoms with van der Waals surface area (Å²) in [5, 5.41) is 3.21. The molecule has 0 aliphatic heterocycles. The summed E-state index contributed by atoms with van der Waals surface area (Å²) in [6.07, 6.45) is 1.80. The number of hydrogen-bond acceptors (Lipinski definition) is 3. The van der Waals surface area contributed by atoms with Gasteiger partial charge in [-0.05, 0) is 34.5 Å². The molecule has 72 valence electrons. The number of nitrogens with one attached hydrogen (secondary N) is 1. The van der Waals surface area contributed by atoms with Crippen LogP contribution in [0.25, 0.3) is 0 Å². The van der Waals surface area contributed by atoms with E-state index in [1.165, 1.54) is 0 Å². The standard InChI is InChI=1S/C9H13BrN2O/c1-7-5-8(6-12-9(7)10)11-3-4-13-2/h5-6,11H,3-4H2,1-2H3. The van der Waals surface area contributed by atoms with Crippen LogP contribution in [0.3, 0.4) is 0 Å². The molecule has 1 aromatic heterocycles. The zero-order chi connectivity index (χ0) is 9.68. The van der Waals surface area contributed by atoms with Gasteiger partial charge in [-0.3, -0.25) is 0 Å². The second kappa shape index (κ2) is 5.19. The number of ether oxygens (including phenoxy) is 1. The molecule has 3 nitrogen and oxygen atoms in total. The van der Waals surface area contributed by atoms with Crippen molar-refractivity contribution in [2.45, 2.75) is 6.92 Å². The summed E-state index contributed by atoms with van der Waals surface area (Å²) in [5.41, 5.74) is 2.15. The van der Waals surface area contributed by atoms with E-state index < -0.39 is 0 Å². The average Bonchev–Trinajstić information content (AvgIpc) is 2.12. The number of pyridine rings is 1. The Kier molecular flexibility index (Phi) is 4.18. The predicted octanol–water partition coefficient (Wildman–Crippen LogP) is 2.21. The molecule has 0 saturated heterocycles. The first-order chi connectivity index (χ1) is 6.24. The molecule has 0 fully saturated rings. The molecule has 0 saturated carbocycles. The lowest BCUT2D eigenvalue weighted by Gasteiger charge is -2.06. The monoisotopic (exact) mass is 244 g/mol. The Balaban J connectivity index is 2.53. The smallest absolute Gasteiger partial charge is 0.109 e. The van der Waals surface area contributed by atoms with Crippen molar-refractivity contribution in [2.75, 3.05) is 25.6 Å². The first kappa shape index (κ1) is 10.5. The lowest BCUT2D eigenvalue weighted by atomic mass is 10.3. The summed E-state index contributed by atoms with van der Waals surface area (Å²) >= 11 is 3.35. The Morgan fingerprint density at radius 2 is 2.38 bits per heavy atom. The number of methoxy groups -OCH3 is 1. The molecule has 0 aliphatic rings. The maximum atomic E-state index is 4.93. The molecule has 1 N–H and O–H groups in total. The van der Waals surface area contributed by atoms with Crippen molar-refractivity contribution in [1.29, 1.82) is 0 Å². The SMILES string of the molecule is COCCNc1cnc(Br)c(C)c1. The van der Waals surface area contributed by atoms with Gasteiger partial charge in [-0.2, -0.15) is 0 Å². The largest absolute Gasteiger partial charge is 0.383 e. The maximum Gasteiger partial charge on any atom is 0.109 e. The van der Waals surface area contributed by atoms with Crippen molar-refractivity contribution in [2.24, 2.45) is 0 Å². The van der Waals surface area contributed by atoms with E-state index in [0.717, 1.165) is 22.4 Å². The normalized spacial score (nSPS) is 10.1. The highest BCUT2D eigenvalue weighted by Crippen LogP contribution is 2.16. The topological polar surface area (TPSA) is 34.1 Å². The van der Waals surface area contributed by atoms with Crippen molar-refractivity contribution < 1.29 is 4.74 Å². The van der Waals surface area contributed by atoms with E-state index in [-0.39, 0.29) is 0 Å². The Morgan fingerprint density at radius 3 is 3.00 bits per heavy atom. The molecule has 13 heavy (non-hydrogen) atoms. The van der Waals surface area contributed by atoms with E-state index >= 15 is 0 Å². The molecule has 0 spiro atoms. The number of anilines is 1. The van der Waals surface area contributed by atoms with Gasteiger partial charge in [0.2, 0.25) is 0 Å². The fourth-order valence-corrected chi connectivity index (χ4v) is 1.17. The number of rotatable bonds is 4. The lowest BCUT2D eigenvalue weighted by molar-refractivity contribution is 0.211. The Morgan fingerprint density at radius 1 is 1.62 bits per heavy atom. The van der Waals surface area contributed by atoms with Crippen LogP contribution >= 0.6 is 15.9 Å². The van der Waals surface area contributed by atoms with Crippen LogP contribution in [0.2, 0.25) is 0 Å². The minimum absolute atomic E-state index is 0.703. The third-order valence-electron chi connectivity index (χ3n) is 1.65. The summed E-state index contributed by atoms with van der Waals surface area (Å²) < 4.78 is 5.82. The average molecular weight is 245 g/mol. The number of aryl methyl sites for hydroxylation is 1. The number of hydrogen-bond donors (Lipinski definition) is 1. The highest BCUT2D eigenvalue weighted by atomic mass is 79.9.